The molecule has 1 aliphatic carbocycles. The van der Waals surface area contributed by atoms with Crippen LogP contribution in [0.15, 0.2) is 24.3 Å². The van der Waals surface area contributed by atoms with Gasteiger partial charge in [-0.1, -0.05) is 18.2 Å². The van der Waals surface area contributed by atoms with Crippen LogP contribution in [0.1, 0.15) is 44.1 Å². The largest absolute Gasteiger partial charge is 0.490 e. The fraction of sp³-hybridized carbons (Fsp3) is 0.611. The summed E-state index contributed by atoms with van der Waals surface area (Å²) in [5.41, 5.74) is 1.18. The van der Waals surface area contributed by atoms with E-state index in [-0.39, 0.29) is 5.92 Å². The Morgan fingerprint density at radius 1 is 1.18 bits per heavy atom. The number of likely N-dealkylation sites (tertiary alicyclic amines) is 1. The summed E-state index contributed by atoms with van der Waals surface area (Å²) in [6.07, 6.45) is 6.94. The molecule has 2 aliphatic rings. The second-order valence-electron chi connectivity index (χ2n) is 6.54. The van der Waals surface area contributed by atoms with Crippen LogP contribution in [0, 0.1) is 5.92 Å². The van der Waals surface area contributed by atoms with E-state index in [1.54, 1.807) is 0 Å². The molecule has 0 amide bonds. The molecule has 0 radical (unpaired) electrons. The van der Waals surface area contributed by atoms with Crippen LogP contribution in [-0.4, -0.2) is 35.2 Å². The lowest BCUT2D eigenvalue weighted by Gasteiger charge is -2.31. The zero-order valence-electron chi connectivity index (χ0n) is 13.0. The fourth-order valence-corrected chi connectivity index (χ4v) is 3.58. The van der Waals surface area contributed by atoms with Gasteiger partial charge >= 0.3 is 5.97 Å². The van der Waals surface area contributed by atoms with Crippen molar-refractivity contribution in [3.63, 3.8) is 0 Å². The molecule has 0 bridgehead atoms. The van der Waals surface area contributed by atoms with Gasteiger partial charge in [-0.2, -0.15) is 0 Å². The number of carbonyl (C=O) groups is 1. The maximum Gasteiger partial charge on any atom is 0.307 e. The Bertz CT molecular complexity index is 511. The summed E-state index contributed by atoms with van der Waals surface area (Å²) in [5.74, 6) is 0.0868. The van der Waals surface area contributed by atoms with Crippen molar-refractivity contribution in [3.05, 3.63) is 29.8 Å². The predicted octanol–water partition coefficient (Wildman–Crippen LogP) is 3.30. The second-order valence-corrected chi connectivity index (χ2v) is 6.54. The third kappa shape index (κ3) is 3.80. The molecule has 1 N–H and O–H groups in total. The van der Waals surface area contributed by atoms with Crippen LogP contribution in [0.5, 0.6) is 5.75 Å². The van der Waals surface area contributed by atoms with Gasteiger partial charge in [-0.3, -0.25) is 9.69 Å². The van der Waals surface area contributed by atoms with Crippen LogP contribution >= 0.6 is 0 Å². The summed E-state index contributed by atoms with van der Waals surface area (Å²) in [7, 11) is 0. The highest BCUT2D eigenvalue weighted by Crippen LogP contribution is 2.28. The predicted molar refractivity (Wildman–Crippen MR) is 85.0 cm³/mol. The Kier molecular flexibility index (Phi) is 4.98. The molecular formula is C18H25NO3. The molecular weight excluding hydrogens is 278 g/mol. The molecule has 0 aromatic heterocycles. The Balaban J connectivity index is 1.65. The summed E-state index contributed by atoms with van der Waals surface area (Å²) in [6.45, 7) is 2.40. The molecule has 1 unspecified atom stereocenters. The van der Waals surface area contributed by atoms with E-state index in [9.17, 15) is 9.90 Å². The Morgan fingerprint density at radius 3 is 2.73 bits per heavy atom. The third-order valence-corrected chi connectivity index (χ3v) is 4.82. The molecule has 1 heterocycles. The molecule has 1 saturated heterocycles. The molecule has 120 valence electrons. The standard InChI is InChI=1S/C18H25NO3/c20-18(21)15-7-5-11-19(13-15)12-14-6-1-4-10-17(14)22-16-8-2-3-9-16/h1,4,6,10,15-16H,2-3,5,7-9,11-13H2,(H,20,21). The first-order chi connectivity index (χ1) is 10.7. The Labute approximate surface area is 132 Å². The zero-order chi connectivity index (χ0) is 15.4. The highest BCUT2D eigenvalue weighted by molar-refractivity contribution is 5.70. The first-order valence-electron chi connectivity index (χ1n) is 8.42. The number of carboxylic acid groups (broad SMARTS) is 1. The molecule has 1 aromatic rings. The van der Waals surface area contributed by atoms with Crippen molar-refractivity contribution >= 4 is 5.97 Å². The maximum absolute atomic E-state index is 11.2. The third-order valence-electron chi connectivity index (χ3n) is 4.82. The molecule has 1 atom stereocenters. The van der Waals surface area contributed by atoms with E-state index in [0.717, 1.165) is 44.5 Å². The quantitative estimate of drug-likeness (QED) is 0.906. The van der Waals surface area contributed by atoms with Crippen LogP contribution in [0.2, 0.25) is 0 Å². The van der Waals surface area contributed by atoms with Crippen molar-refractivity contribution < 1.29 is 14.6 Å². The van der Waals surface area contributed by atoms with Crippen molar-refractivity contribution in [2.24, 2.45) is 5.92 Å². The molecule has 1 aliphatic heterocycles. The van der Waals surface area contributed by atoms with Gasteiger partial charge in [0.15, 0.2) is 0 Å². The van der Waals surface area contributed by atoms with Gasteiger partial charge in [0, 0.05) is 18.7 Å². The van der Waals surface area contributed by atoms with Gasteiger partial charge in [-0.05, 0) is 51.1 Å². The molecule has 0 spiro atoms. The first-order valence-corrected chi connectivity index (χ1v) is 8.42. The van der Waals surface area contributed by atoms with Crippen LogP contribution in [0.3, 0.4) is 0 Å². The summed E-state index contributed by atoms with van der Waals surface area (Å²) in [4.78, 5) is 13.4. The van der Waals surface area contributed by atoms with Crippen molar-refractivity contribution in [3.8, 4) is 5.75 Å². The Hall–Kier alpha value is -1.55. The lowest BCUT2D eigenvalue weighted by molar-refractivity contribution is -0.143. The molecule has 3 rings (SSSR count). The van der Waals surface area contributed by atoms with Crippen LogP contribution in [0.4, 0.5) is 0 Å². The minimum atomic E-state index is -0.666. The average molecular weight is 303 g/mol. The van der Waals surface area contributed by atoms with E-state index in [2.05, 4.69) is 11.0 Å². The summed E-state index contributed by atoms with van der Waals surface area (Å²) in [5, 5.41) is 9.22. The van der Waals surface area contributed by atoms with Crippen LogP contribution < -0.4 is 4.74 Å². The van der Waals surface area contributed by atoms with Gasteiger partial charge in [0.05, 0.1) is 12.0 Å². The molecule has 1 saturated carbocycles. The monoisotopic (exact) mass is 303 g/mol. The van der Waals surface area contributed by atoms with Crippen LogP contribution in [-0.2, 0) is 11.3 Å². The molecule has 2 fully saturated rings. The first kappa shape index (κ1) is 15.3. The Morgan fingerprint density at radius 2 is 1.95 bits per heavy atom. The second kappa shape index (κ2) is 7.14. The van der Waals surface area contributed by atoms with Gasteiger partial charge < -0.3 is 9.84 Å². The van der Waals surface area contributed by atoms with E-state index in [1.165, 1.54) is 18.4 Å². The molecule has 4 nitrogen and oxygen atoms in total. The summed E-state index contributed by atoms with van der Waals surface area (Å²) >= 11 is 0. The number of hydrogen-bond donors (Lipinski definition) is 1. The minimum Gasteiger partial charge on any atom is -0.490 e. The zero-order valence-corrected chi connectivity index (χ0v) is 13.0. The van der Waals surface area contributed by atoms with Crippen molar-refractivity contribution in [1.82, 2.24) is 4.90 Å². The number of nitrogens with zero attached hydrogens (tertiary/aromatic N) is 1. The van der Waals surface area contributed by atoms with E-state index in [0.29, 0.717) is 12.6 Å². The van der Waals surface area contributed by atoms with E-state index < -0.39 is 5.97 Å². The fourth-order valence-electron chi connectivity index (χ4n) is 3.58. The van der Waals surface area contributed by atoms with E-state index in [4.69, 9.17) is 4.74 Å². The topological polar surface area (TPSA) is 49.8 Å². The minimum absolute atomic E-state index is 0.225. The number of benzene rings is 1. The van der Waals surface area contributed by atoms with Gasteiger partial charge in [-0.15, -0.1) is 0 Å². The lowest BCUT2D eigenvalue weighted by atomic mass is 9.98. The van der Waals surface area contributed by atoms with E-state index in [1.807, 2.05) is 18.2 Å². The van der Waals surface area contributed by atoms with Crippen molar-refractivity contribution in [2.45, 2.75) is 51.2 Å². The number of carboxylic acids is 1. The number of rotatable bonds is 5. The normalized spacial score (nSPS) is 23.5. The average Bonchev–Trinajstić information content (AvgIpc) is 3.02. The SMILES string of the molecule is O=C(O)C1CCCN(Cc2ccccc2OC2CCCC2)C1. The highest BCUT2D eigenvalue weighted by Gasteiger charge is 2.26. The highest BCUT2D eigenvalue weighted by atomic mass is 16.5. The lowest BCUT2D eigenvalue weighted by Crippen LogP contribution is -2.38. The van der Waals surface area contributed by atoms with Gasteiger partial charge in [-0.25, -0.2) is 0 Å². The molecule has 4 heteroatoms. The smallest absolute Gasteiger partial charge is 0.307 e. The number of piperidine rings is 1. The number of ether oxygens (including phenoxy) is 1. The van der Waals surface area contributed by atoms with Crippen molar-refractivity contribution in [2.75, 3.05) is 13.1 Å². The molecule has 1 aromatic carbocycles. The number of para-hydroxylation sites is 1. The van der Waals surface area contributed by atoms with Gasteiger partial charge in [0.25, 0.3) is 0 Å². The van der Waals surface area contributed by atoms with Crippen molar-refractivity contribution in [1.29, 1.82) is 0 Å². The summed E-state index contributed by atoms with van der Waals surface area (Å²) in [6, 6.07) is 8.21. The van der Waals surface area contributed by atoms with Gasteiger partial charge in [0.2, 0.25) is 0 Å². The number of hydrogen-bond acceptors (Lipinski definition) is 3. The maximum atomic E-state index is 11.2. The number of aliphatic carboxylic acids is 1. The van der Waals surface area contributed by atoms with Gasteiger partial charge in [0.1, 0.15) is 5.75 Å². The van der Waals surface area contributed by atoms with Crippen LogP contribution in [0.25, 0.3) is 0 Å². The molecule has 22 heavy (non-hydrogen) atoms. The summed E-state index contributed by atoms with van der Waals surface area (Å²) < 4.78 is 6.18. The van der Waals surface area contributed by atoms with E-state index >= 15 is 0 Å².